The van der Waals surface area contributed by atoms with Gasteiger partial charge in [0, 0.05) is 38.9 Å². The predicted molar refractivity (Wildman–Crippen MR) is 83.0 cm³/mol. The van der Waals surface area contributed by atoms with Crippen LogP contribution in [0.15, 0.2) is 24.3 Å². The largest absolute Gasteiger partial charge is 0.497 e. The molecule has 1 aliphatic rings. The Morgan fingerprint density at radius 3 is 2.68 bits per heavy atom. The summed E-state index contributed by atoms with van der Waals surface area (Å²) in [5.41, 5.74) is 0.792. The second kappa shape index (κ2) is 7.79. The molecular formula is C16H22N2O4. The highest BCUT2D eigenvalue weighted by Crippen LogP contribution is 2.26. The second-order valence-electron chi connectivity index (χ2n) is 5.24. The maximum absolute atomic E-state index is 12.1. The monoisotopic (exact) mass is 306 g/mol. The van der Waals surface area contributed by atoms with Gasteiger partial charge in [0.25, 0.3) is 0 Å². The molecule has 0 radical (unpaired) electrons. The minimum atomic E-state index is -0.294. The van der Waals surface area contributed by atoms with Gasteiger partial charge in [0.2, 0.25) is 11.8 Å². The number of carbonyl (C=O) groups excluding carboxylic acids is 2. The van der Waals surface area contributed by atoms with E-state index in [1.807, 2.05) is 12.1 Å². The van der Waals surface area contributed by atoms with Crippen LogP contribution in [0.2, 0.25) is 0 Å². The van der Waals surface area contributed by atoms with E-state index < -0.39 is 0 Å². The van der Waals surface area contributed by atoms with Gasteiger partial charge in [0.05, 0.1) is 13.0 Å². The lowest BCUT2D eigenvalue weighted by molar-refractivity contribution is -0.126. The standard InChI is InChI=1S/C16H22N2O4/c1-21-9-3-8-17-16(20)12-10-15(19)18(11-12)13-4-6-14(22-2)7-5-13/h4-7,12H,3,8-11H2,1-2H3,(H,17,20). The fourth-order valence-corrected chi connectivity index (χ4v) is 2.47. The van der Waals surface area contributed by atoms with Crippen LogP contribution in [-0.4, -0.2) is 45.7 Å². The van der Waals surface area contributed by atoms with E-state index in [4.69, 9.17) is 9.47 Å². The summed E-state index contributed by atoms with van der Waals surface area (Å²) < 4.78 is 10.0. The van der Waals surface area contributed by atoms with Crippen molar-refractivity contribution in [3.05, 3.63) is 24.3 Å². The van der Waals surface area contributed by atoms with Crippen molar-refractivity contribution in [1.82, 2.24) is 5.32 Å². The van der Waals surface area contributed by atoms with Crippen molar-refractivity contribution in [3.63, 3.8) is 0 Å². The van der Waals surface area contributed by atoms with Crippen LogP contribution < -0.4 is 15.0 Å². The summed E-state index contributed by atoms with van der Waals surface area (Å²) in [5.74, 6) is 0.350. The summed E-state index contributed by atoms with van der Waals surface area (Å²) in [4.78, 5) is 25.8. The van der Waals surface area contributed by atoms with E-state index >= 15 is 0 Å². The fourth-order valence-electron chi connectivity index (χ4n) is 2.47. The lowest BCUT2D eigenvalue weighted by Crippen LogP contribution is -2.33. The Morgan fingerprint density at radius 1 is 1.32 bits per heavy atom. The predicted octanol–water partition coefficient (Wildman–Crippen LogP) is 1.20. The van der Waals surface area contributed by atoms with Crippen molar-refractivity contribution in [2.45, 2.75) is 12.8 Å². The van der Waals surface area contributed by atoms with E-state index in [1.54, 1.807) is 31.3 Å². The first-order chi connectivity index (χ1) is 10.7. The molecule has 1 unspecified atom stereocenters. The smallest absolute Gasteiger partial charge is 0.227 e. The quantitative estimate of drug-likeness (QED) is 0.769. The van der Waals surface area contributed by atoms with E-state index in [-0.39, 0.29) is 24.2 Å². The van der Waals surface area contributed by atoms with Crippen LogP contribution in [0.4, 0.5) is 5.69 Å². The number of ether oxygens (including phenoxy) is 2. The first kappa shape index (κ1) is 16.3. The Kier molecular flexibility index (Phi) is 5.77. The number of amides is 2. The average Bonchev–Trinajstić information content (AvgIpc) is 2.93. The molecule has 6 heteroatoms. The number of anilines is 1. The Balaban J connectivity index is 1.90. The van der Waals surface area contributed by atoms with Crippen LogP contribution >= 0.6 is 0 Å². The maximum Gasteiger partial charge on any atom is 0.227 e. The van der Waals surface area contributed by atoms with Crippen molar-refractivity contribution in [2.24, 2.45) is 5.92 Å². The van der Waals surface area contributed by atoms with E-state index in [0.29, 0.717) is 19.7 Å². The maximum atomic E-state index is 12.1. The van der Waals surface area contributed by atoms with Crippen LogP contribution in [0.3, 0.4) is 0 Å². The highest BCUT2D eigenvalue weighted by molar-refractivity contribution is 6.00. The molecule has 0 saturated carbocycles. The van der Waals surface area contributed by atoms with Gasteiger partial charge in [-0.2, -0.15) is 0 Å². The summed E-state index contributed by atoms with van der Waals surface area (Å²) in [5, 5.41) is 2.85. The molecule has 0 bridgehead atoms. The highest BCUT2D eigenvalue weighted by atomic mass is 16.5. The molecule has 1 aliphatic heterocycles. The van der Waals surface area contributed by atoms with Crippen molar-refractivity contribution in [3.8, 4) is 5.75 Å². The second-order valence-corrected chi connectivity index (χ2v) is 5.24. The van der Waals surface area contributed by atoms with E-state index in [1.165, 1.54) is 0 Å². The number of nitrogens with zero attached hydrogens (tertiary/aromatic N) is 1. The zero-order valence-corrected chi connectivity index (χ0v) is 13.0. The molecule has 2 amide bonds. The van der Waals surface area contributed by atoms with Gasteiger partial charge in [-0.1, -0.05) is 0 Å². The van der Waals surface area contributed by atoms with Gasteiger partial charge in [-0.3, -0.25) is 9.59 Å². The zero-order valence-electron chi connectivity index (χ0n) is 13.0. The zero-order chi connectivity index (χ0) is 15.9. The molecule has 1 aromatic carbocycles. The number of benzene rings is 1. The summed E-state index contributed by atoms with van der Waals surface area (Å²) in [6.45, 7) is 1.60. The molecule has 1 saturated heterocycles. The molecule has 120 valence electrons. The van der Waals surface area contributed by atoms with Crippen LogP contribution in [0.25, 0.3) is 0 Å². The van der Waals surface area contributed by atoms with Crippen molar-refractivity contribution < 1.29 is 19.1 Å². The van der Waals surface area contributed by atoms with E-state index in [9.17, 15) is 9.59 Å². The van der Waals surface area contributed by atoms with Gasteiger partial charge < -0.3 is 19.7 Å². The molecule has 1 N–H and O–H groups in total. The minimum Gasteiger partial charge on any atom is -0.497 e. The topological polar surface area (TPSA) is 67.9 Å². The van der Waals surface area contributed by atoms with Crippen LogP contribution in [0, 0.1) is 5.92 Å². The number of rotatable bonds is 7. The van der Waals surface area contributed by atoms with Gasteiger partial charge in [-0.05, 0) is 30.7 Å². The molecule has 0 aliphatic carbocycles. The van der Waals surface area contributed by atoms with E-state index in [2.05, 4.69) is 5.32 Å². The number of carbonyl (C=O) groups is 2. The number of hydrogen-bond donors (Lipinski definition) is 1. The number of nitrogens with one attached hydrogen (secondary N) is 1. The lowest BCUT2D eigenvalue weighted by atomic mass is 10.1. The average molecular weight is 306 g/mol. The fraction of sp³-hybridized carbons (Fsp3) is 0.500. The minimum absolute atomic E-state index is 0.0257. The van der Waals surface area contributed by atoms with Crippen molar-refractivity contribution in [2.75, 3.05) is 38.8 Å². The normalized spacial score (nSPS) is 17.6. The molecule has 1 atom stereocenters. The molecule has 1 fully saturated rings. The third-order valence-corrected chi connectivity index (χ3v) is 3.70. The Morgan fingerprint density at radius 2 is 2.05 bits per heavy atom. The van der Waals surface area contributed by atoms with E-state index in [0.717, 1.165) is 17.9 Å². The van der Waals surface area contributed by atoms with Gasteiger partial charge in [-0.25, -0.2) is 0 Å². The van der Waals surface area contributed by atoms with Crippen molar-refractivity contribution in [1.29, 1.82) is 0 Å². The molecule has 0 spiro atoms. The molecular weight excluding hydrogens is 284 g/mol. The Labute approximate surface area is 130 Å². The molecule has 6 nitrogen and oxygen atoms in total. The summed E-state index contributed by atoms with van der Waals surface area (Å²) in [6.07, 6.45) is 1.02. The first-order valence-corrected chi connectivity index (χ1v) is 7.36. The van der Waals surface area contributed by atoms with Crippen molar-refractivity contribution >= 4 is 17.5 Å². The van der Waals surface area contributed by atoms with Crippen LogP contribution in [-0.2, 0) is 14.3 Å². The van der Waals surface area contributed by atoms with Gasteiger partial charge in [0.1, 0.15) is 5.75 Å². The SMILES string of the molecule is COCCCNC(=O)C1CC(=O)N(c2ccc(OC)cc2)C1. The third-order valence-electron chi connectivity index (χ3n) is 3.70. The van der Waals surface area contributed by atoms with Gasteiger partial charge >= 0.3 is 0 Å². The molecule has 0 aromatic heterocycles. The summed E-state index contributed by atoms with van der Waals surface area (Å²) >= 11 is 0. The van der Waals surface area contributed by atoms with Gasteiger partial charge in [-0.15, -0.1) is 0 Å². The highest BCUT2D eigenvalue weighted by Gasteiger charge is 2.34. The summed E-state index contributed by atoms with van der Waals surface area (Å²) in [6, 6.07) is 7.27. The number of hydrogen-bond acceptors (Lipinski definition) is 4. The Bertz CT molecular complexity index is 515. The number of methoxy groups -OCH3 is 2. The third kappa shape index (κ3) is 3.98. The van der Waals surface area contributed by atoms with Crippen LogP contribution in [0.1, 0.15) is 12.8 Å². The Hall–Kier alpha value is -2.08. The molecule has 22 heavy (non-hydrogen) atoms. The lowest BCUT2D eigenvalue weighted by Gasteiger charge is -2.17. The van der Waals surface area contributed by atoms with Gasteiger partial charge in [0.15, 0.2) is 0 Å². The molecule has 1 aromatic rings. The van der Waals surface area contributed by atoms with Crippen LogP contribution in [0.5, 0.6) is 5.75 Å². The molecule has 1 heterocycles. The molecule has 2 rings (SSSR count). The summed E-state index contributed by atoms with van der Waals surface area (Å²) in [7, 11) is 3.23. The first-order valence-electron chi connectivity index (χ1n) is 7.36.